The Morgan fingerprint density at radius 2 is 2.00 bits per heavy atom. The topological polar surface area (TPSA) is 91.3 Å². The minimum absolute atomic E-state index is 0.318. The summed E-state index contributed by atoms with van der Waals surface area (Å²) in [5.74, 6) is -1.03. The Kier molecular flexibility index (Phi) is 4.86. The molecule has 0 aromatic carbocycles. The first-order valence-electron chi connectivity index (χ1n) is 6.19. The molecular formula is C13H19N3O3. The smallest absolute Gasteiger partial charge is 0.329 e. The van der Waals surface area contributed by atoms with Crippen molar-refractivity contribution in [2.24, 2.45) is 0 Å². The van der Waals surface area contributed by atoms with Crippen LogP contribution in [0.3, 0.4) is 0 Å². The maximum absolute atomic E-state index is 11.9. The average Bonchev–Trinajstić information content (AvgIpc) is 2.38. The van der Waals surface area contributed by atoms with Crippen molar-refractivity contribution in [3.63, 3.8) is 0 Å². The number of carboxylic acids is 1. The third-order valence-electron chi connectivity index (χ3n) is 3.22. The highest BCUT2D eigenvalue weighted by molar-refractivity contribution is 5.94. The highest BCUT2D eigenvalue weighted by atomic mass is 16.4. The van der Waals surface area contributed by atoms with Gasteiger partial charge in [-0.1, -0.05) is 13.8 Å². The van der Waals surface area contributed by atoms with Crippen molar-refractivity contribution in [1.82, 2.24) is 10.3 Å². The summed E-state index contributed by atoms with van der Waals surface area (Å²) in [4.78, 5) is 27.2. The number of carbonyl (C=O) groups excluding carboxylic acids is 1. The average molecular weight is 265 g/mol. The molecule has 19 heavy (non-hydrogen) atoms. The number of carboxylic acid groups (broad SMARTS) is 1. The molecule has 0 bridgehead atoms. The van der Waals surface area contributed by atoms with Gasteiger partial charge in [0.2, 0.25) is 0 Å². The van der Waals surface area contributed by atoms with E-state index in [9.17, 15) is 14.7 Å². The van der Waals surface area contributed by atoms with E-state index < -0.39 is 17.5 Å². The lowest BCUT2D eigenvalue weighted by Gasteiger charge is -2.28. The summed E-state index contributed by atoms with van der Waals surface area (Å²) in [5, 5.41) is 14.4. The molecule has 104 valence electrons. The summed E-state index contributed by atoms with van der Waals surface area (Å²) in [6.45, 7) is 5.22. The van der Waals surface area contributed by atoms with Crippen LogP contribution in [0.4, 0.5) is 10.5 Å². The predicted octanol–water partition coefficient (Wildman–Crippen LogP) is 2.15. The van der Waals surface area contributed by atoms with E-state index in [1.165, 1.54) is 0 Å². The second-order valence-electron chi connectivity index (χ2n) is 4.31. The van der Waals surface area contributed by atoms with Crippen molar-refractivity contribution < 1.29 is 14.7 Å². The fraction of sp³-hybridized carbons (Fsp3) is 0.462. The minimum atomic E-state index is -1.24. The number of urea groups is 1. The van der Waals surface area contributed by atoms with Crippen LogP contribution in [0.15, 0.2) is 18.3 Å². The van der Waals surface area contributed by atoms with E-state index in [-0.39, 0.29) is 0 Å². The number of anilines is 1. The Morgan fingerprint density at radius 1 is 1.37 bits per heavy atom. The zero-order chi connectivity index (χ0) is 14.5. The molecule has 1 rings (SSSR count). The molecule has 0 fully saturated rings. The van der Waals surface area contributed by atoms with E-state index in [4.69, 9.17) is 0 Å². The molecule has 3 N–H and O–H groups in total. The lowest BCUT2D eigenvalue weighted by atomic mass is 9.93. The number of nitrogens with zero attached hydrogens (tertiary/aromatic N) is 1. The Balaban J connectivity index is 2.80. The van der Waals surface area contributed by atoms with Gasteiger partial charge >= 0.3 is 12.0 Å². The van der Waals surface area contributed by atoms with E-state index in [0.29, 0.717) is 24.2 Å². The van der Waals surface area contributed by atoms with Crippen LogP contribution in [-0.2, 0) is 4.79 Å². The molecule has 1 aromatic heterocycles. The standard InChI is InChI=1S/C13H19N3O3/c1-4-13(5-2,11(17)18)16-12(19)15-10-7-6-8-14-9(10)3/h6-8H,4-5H2,1-3H3,(H,17,18)(H2,15,16,19). The highest BCUT2D eigenvalue weighted by Gasteiger charge is 2.36. The van der Waals surface area contributed by atoms with Crippen molar-refractivity contribution in [2.45, 2.75) is 39.2 Å². The van der Waals surface area contributed by atoms with Crippen LogP contribution in [0.2, 0.25) is 0 Å². The number of hydrogen-bond donors (Lipinski definition) is 3. The largest absolute Gasteiger partial charge is 0.480 e. The van der Waals surface area contributed by atoms with E-state index in [1.54, 1.807) is 39.1 Å². The van der Waals surface area contributed by atoms with Gasteiger partial charge in [0, 0.05) is 6.20 Å². The van der Waals surface area contributed by atoms with Gasteiger partial charge in [0.05, 0.1) is 11.4 Å². The monoisotopic (exact) mass is 265 g/mol. The number of aromatic nitrogens is 1. The molecule has 6 heteroatoms. The fourth-order valence-electron chi connectivity index (χ4n) is 1.77. The van der Waals surface area contributed by atoms with Gasteiger partial charge < -0.3 is 15.7 Å². The molecule has 0 aliphatic heterocycles. The van der Waals surface area contributed by atoms with Crippen LogP contribution in [0.5, 0.6) is 0 Å². The summed E-state index contributed by atoms with van der Waals surface area (Å²) in [7, 11) is 0. The van der Waals surface area contributed by atoms with E-state index in [2.05, 4.69) is 15.6 Å². The first-order valence-corrected chi connectivity index (χ1v) is 6.19. The second kappa shape index (κ2) is 6.17. The van der Waals surface area contributed by atoms with Crippen molar-refractivity contribution in [3.8, 4) is 0 Å². The molecule has 6 nitrogen and oxygen atoms in total. The Morgan fingerprint density at radius 3 is 2.47 bits per heavy atom. The molecular weight excluding hydrogens is 246 g/mol. The number of rotatable bonds is 5. The van der Waals surface area contributed by atoms with Crippen LogP contribution in [0, 0.1) is 6.92 Å². The number of amides is 2. The number of hydrogen-bond acceptors (Lipinski definition) is 3. The maximum atomic E-state index is 11.9. The van der Waals surface area contributed by atoms with E-state index in [0.717, 1.165) is 0 Å². The lowest BCUT2D eigenvalue weighted by molar-refractivity contribution is -0.144. The van der Waals surface area contributed by atoms with Gasteiger partial charge in [-0.05, 0) is 31.9 Å². The molecule has 0 radical (unpaired) electrons. The third-order valence-corrected chi connectivity index (χ3v) is 3.22. The highest BCUT2D eigenvalue weighted by Crippen LogP contribution is 2.16. The van der Waals surface area contributed by atoms with Gasteiger partial charge in [-0.25, -0.2) is 9.59 Å². The second-order valence-corrected chi connectivity index (χ2v) is 4.31. The summed E-state index contributed by atoms with van der Waals surface area (Å²) in [6, 6.07) is 2.87. The number of carbonyl (C=O) groups is 2. The van der Waals surface area contributed by atoms with Crippen LogP contribution in [0.25, 0.3) is 0 Å². The SMILES string of the molecule is CCC(CC)(NC(=O)Nc1cccnc1C)C(=O)O. The molecule has 1 heterocycles. The molecule has 0 aliphatic carbocycles. The number of nitrogens with one attached hydrogen (secondary N) is 2. The Labute approximate surface area is 112 Å². The molecule has 0 saturated heterocycles. The molecule has 1 aromatic rings. The maximum Gasteiger partial charge on any atom is 0.329 e. The number of pyridine rings is 1. The first-order chi connectivity index (χ1) is 8.95. The molecule has 2 amide bonds. The Bertz CT molecular complexity index is 470. The van der Waals surface area contributed by atoms with Crippen LogP contribution < -0.4 is 10.6 Å². The van der Waals surface area contributed by atoms with Gasteiger partial charge in [0.15, 0.2) is 0 Å². The minimum Gasteiger partial charge on any atom is -0.480 e. The molecule has 0 atom stereocenters. The summed E-state index contributed by atoms with van der Waals surface area (Å²) < 4.78 is 0. The summed E-state index contributed by atoms with van der Waals surface area (Å²) >= 11 is 0. The quantitative estimate of drug-likeness (QED) is 0.760. The van der Waals surface area contributed by atoms with Gasteiger partial charge in [-0.15, -0.1) is 0 Å². The lowest BCUT2D eigenvalue weighted by Crippen LogP contribution is -2.55. The zero-order valence-corrected chi connectivity index (χ0v) is 11.4. The molecule has 0 unspecified atom stereocenters. The summed E-state index contributed by atoms with van der Waals surface area (Å²) in [5.41, 5.74) is -0.00159. The first kappa shape index (κ1) is 14.9. The van der Waals surface area contributed by atoms with Crippen LogP contribution in [0.1, 0.15) is 32.4 Å². The fourth-order valence-corrected chi connectivity index (χ4v) is 1.77. The molecule has 0 aliphatic rings. The van der Waals surface area contributed by atoms with Crippen molar-refractivity contribution in [1.29, 1.82) is 0 Å². The van der Waals surface area contributed by atoms with Crippen LogP contribution in [-0.4, -0.2) is 27.6 Å². The zero-order valence-electron chi connectivity index (χ0n) is 11.4. The van der Waals surface area contributed by atoms with Crippen molar-refractivity contribution >= 4 is 17.7 Å². The van der Waals surface area contributed by atoms with Crippen LogP contribution >= 0.6 is 0 Å². The Hall–Kier alpha value is -2.11. The normalized spacial score (nSPS) is 10.9. The molecule has 0 spiro atoms. The van der Waals surface area contributed by atoms with Crippen molar-refractivity contribution in [2.75, 3.05) is 5.32 Å². The predicted molar refractivity (Wildman–Crippen MR) is 72.1 cm³/mol. The third kappa shape index (κ3) is 3.43. The van der Waals surface area contributed by atoms with E-state index in [1.807, 2.05) is 0 Å². The van der Waals surface area contributed by atoms with Crippen molar-refractivity contribution in [3.05, 3.63) is 24.0 Å². The van der Waals surface area contributed by atoms with E-state index >= 15 is 0 Å². The molecule has 0 saturated carbocycles. The van der Waals surface area contributed by atoms with Gasteiger partial charge in [0.1, 0.15) is 5.54 Å². The number of aliphatic carboxylic acids is 1. The van der Waals surface area contributed by atoms with Gasteiger partial charge in [0.25, 0.3) is 0 Å². The number of aryl methyl sites for hydroxylation is 1. The van der Waals surface area contributed by atoms with Gasteiger partial charge in [-0.3, -0.25) is 4.98 Å². The van der Waals surface area contributed by atoms with Gasteiger partial charge in [-0.2, -0.15) is 0 Å². The summed E-state index contributed by atoms with van der Waals surface area (Å²) in [6.07, 6.45) is 2.26.